The molecule has 1 amide bonds. The Balaban J connectivity index is 1.93. The van der Waals surface area contributed by atoms with E-state index in [4.69, 9.17) is 0 Å². The fourth-order valence-electron chi connectivity index (χ4n) is 2.49. The zero-order valence-electron chi connectivity index (χ0n) is 13.8. The largest absolute Gasteiger partial charge is 0.306 e. The van der Waals surface area contributed by atoms with Crippen molar-refractivity contribution in [1.29, 1.82) is 0 Å². The van der Waals surface area contributed by atoms with Crippen LogP contribution in [-0.2, 0) is 0 Å². The van der Waals surface area contributed by atoms with Gasteiger partial charge in [0, 0.05) is 12.2 Å². The van der Waals surface area contributed by atoms with Crippen LogP contribution < -0.4 is 4.90 Å². The van der Waals surface area contributed by atoms with Crippen molar-refractivity contribution in [3.8, 4) is 5.69 Å². The van der Waals surface area contributed by atoms with Crippen LogP contribution in [0.15, 0.2) is 48.5 Å². The molecule has 2 aromatic carbocycles. The molecule has 25 heavy (non-hydrogen) atoms. The molecule has 1 heterocycles. The number of carbonyl (C=O) groups excluding carboxylic acids is 1. The van der Waals surface area contributed by atoms with Crippen LogP contribution in [0.2, 0.25) is 0 Å². The Kier molecular flexibility index (Phi) is 4.56. The smallest absolute Gasteiger partial charge is 0.297 e. The van der Waals surface area contributed by atoms with E-state index in [1.807, 2.05) is 6.92 Å². The van der Waals surface area contributed by atoms with Crippen LogP contribution >= 0.6 is 0 Å². The summed E-state index contributed by atoms with van der Waals surface area (Å²) in [6.45, 7) is 3.90. The fourth-order valence-corrected chi connectivity index (χ4v) is 2.49. The van der Waals surface area contributed by atoms with E-state index >= 15 is 0 Å². The van der Waals surface area contributed by atoms with E-state index in [1.165, 1.54) is 46.0 Å². The average molecular weight is 342 g/mol. The van der Waals surface area contributed by atoms with Crippen LogP contribution in [0.25, 0.3) is 5.69 Å². The van der Waals surface area contributed by atoms with Gasteiger partial charge in [-0.3, -0.25) is 4.79 Å². The molecule has 0 N–H and O–H groups in total. The van der Waals surface area contributed by atoms with Gasteiger partial charge < -0.3 is 4.90 Å². The molecule has 0 saturated carbocycles. The first-order chi connectivity index (χ1) is 12.0. The fraction of sp³-hybridized carbons (Fsp3) is 0.167. The number of hydrogen-bond donors (Lipinski definition) is 0. The molecule has 0 unspecified atom stereocenters. The van der Waals surface area contributed by atoms with E-state index < -0.39 is 5.91 Å². The summed E-state index contributed by atoms with van der Waals surface area (Å²) in [6, 6.07) is 11.4. The van der Waals surface area contributed by atoms with E-state index in [2.05, 4.69) is 10.1 Å². The van der Waals surface area contributed by atoms with E-state index in [0.29, 0.717) is 23.7 Å². The van der Waals surface area contributed by atoms with E-state index in [9.17, 15) is 13.6 Å². The number of anilines is 1. The number of carbonyl (C=O) groups is 1. The summed E-state index contributed by atoms with van der Waals surface area (Å²) in [5, 5.41) is 4.24. The van der Waals surface area contributed by atoms with Gasteiger partial charge in [-0.25, -0.2) is 18.4 Å². The molecule has 0 fully saturated rings. The first kappa shape index (κ1) is 16.8. The minimum absolute atomic E-state index is 0.0213. The Bertz CT molecular complexity index is 888. The summed E-state index contributed by atoms with van der Waals surface area (Å²) >= 11 is 0. The van der Waals surface area contributed by atoms with Crippen molar-refractivity contribution in [1.82, 2.24) is 14.8 Å². The van der Waals surface area contributed by atoms with Crippen molar-refractivity contribution in [2.75, 3.05) is 11.4 Å². The SMILES string of the molecule is CCN(C(=O)c1nc(C)n(-c2ccc(F)cc2)n1)c1ccc(F)cc1. The van der Waals surface area contributed by atoms with Crippen molar-refractivity contribution in [2.45, 2.75) is 13.8 Å². The maximum Gasteiger partial charge on any atom is 0.297 e. The van der Waals surface area contributed by atoms with Crippen molar-refractivity contribution >= 4 is 11.6 Å². The van der Waals surface area contributed by atoms with Gasteiger partial charge in [0.2, 0.25) is 5.82 Å². The van der Waals surface area contributed by atoms with Crippen molar-refractivity contribution < 1.29 is 13.6 Å². The van der Waals surface area contributed by atoms with Gasteiger partial charge in [0.05, 0.1) is 5.69 Å². The molecule has 0 aliphatic heterocycles. The summed E-state index contributed by atoms with van der Waals surface area (Å²) in [5.74, 6) is -0.593. The normalized spacial score (nSPS) is 10.7. The molecule has 0 bridgehead atoms. The summed E-state index contributed by atoms with van der Waals surface area (Å²) < 4.78 is 27.6. The van der Waals surface area contributed by atoms with Gasteiger partial charge in [-0.2, -0.15) is 0 Å². The zero-order chi connectivity index (χ0) is 18.0. The summed E-state index contributed by atoms with van der Waals surface area (Å²) in [4.78, 5) is 18.4. The molecule has 0 aliphatic rings. The standard InChI is InChI=1S/C18H16F2N4O/c1-3-23(15-8-4-13(19)5-9-15)18(25)17-21-12(2)24(22-17)16-10-6-14(20)7-11-16/h4-11H,3H2,1-2H3. The predicted molar refractivity (Wildman–Crippen MR) is 89.8 cm³/mol. The van der Waals surface area contributed by atoms with Crippen LogP contribution in [0, 0.1) is 18.6 Å². The number of aromatic nitrogens is 3. The number of nitrogens with zero attached hydrogens (tertiary/aromatic N) is 4. The summed E-state index contributed by atoms with van der Waals surface area (Å²) in [7, 11) is 0. The quantitative estimate of drug-likeness (QED) is 0.729. The highest BCUT2D eigenvalue weighted by atomic mass is 19.1. The number of hydrogen-bond acceptors (Lipinski definition) is 3. The minimum Gasteiger partial charge on any atom is -0.306 e. The molecule has 3 aromatic rings. The molecule has 0 aliphatic carbocycles. The highest BCUT2D eigenvalue weighted by molar-refractivity contribution is 6.03. The number of halogens is 2. The molecule has 128 valence electrons. The highest BCUT2D eigenvalue weighted by Crippen LogP contribution is 2.18. The second kappa shape index (κ2) is 6.80. The predicted octanol–water partition coefficient (Wildman–Crippen LogP) is 3.52. The molecule has 1 aromatic heterocycles. The maximum atomic E-state index is 13.1. The number of amides is 1. The Morgan fingerprint density at radius 3 is 2.16 bits per heavy atom. The second-order valence-corrected chi connectivity index (χ2v) is 5.40. The first-order valence-corrected chi connectivity index (χ1v) is 7.76. The van der Waals surface area contributed by atoms with Gasteiger partial charge in [-0.05, 0) is 62.4 Å². The monoisotopic (exact) mass is 342 g/mol. The Labute approximate surface area is 143 Å². The topological polar surface area (TPSA) is 51.0 Å². The third-order valence-electron chi connectivity index (χ3n) is 3.73. The van der Waals surface area contributed by atoms with Crippen molar-refractivity contribution in [2.24, 2.45) is 0 Å². The number of aryl methyl sites for hydroxylation is 1. The summed E-state index contributed by atoms with van der Waals surface area (Å²) in [5.41, 5.74) is 1.17. The molecular weight excluding hydrogens is 326 g/mol. The van der Waals surface area contributed by atoms with E-state index in [1.54, 1.807) is 19.1 Å². The van der Waals surface area contributed by atoms with Crippen LogP contribution in [0.5, 0.6) is 0 Å². The number of benzene rings is 2. The van der Waals surface area contributed by atoms with Crippen LogP contribution in [0.3, 0.4) is 0 Å². The molecular formula is C18H16F2N4O. The highest BCUT2D eigenvalue weighted by Gasteiger charge is 2.22. The molecule has 7 heteroatoms. The molecule has 0 spiro atoms. The van der Waals surface area contributed by atoms with Gasteiger partial charge in [-0.15, -0.1) is 5.10 Å². The molecule has 0 saturated heterocycles. The van der Waals surface area contributed by atoms with Crippen molar-refractivity contribution in [3.05, 3.63) is 71.8 Å². The lowest BCUT2D eigenvalue weighted by molar-refractivity contribution is 0.0978. The third-order valence-corrected chi connectivity index (χ3v) is 3.73. The minimum atomic E-state index is -0.391. The van der Waals surface area contributed by atoms with Crippen LogP contribution in [0.1, 0.15) is 23.4 Å². The van der Waals surface area contributed by atoms with E-state index in [-0.39, 0.29) is 17.5 Å². The van der Waals surface area contributed by atoms with E-state index in [0.717, 1.165) is 0 Å². The molecule has 5 nitrogen and oxygen atoms in total. The zero-order valence-corrected chi connectivity index (χ0v) is 13.8. The lowest BCUT2D eigenvalue weighted by Gasteiger charge is -2.19. The lowest BCUT2D eigenvalue weighted by Crippen LogP contribution is -2.31. The second-order valence-electron chi connectivity index (χ2n) is 5.40. The van der Waals surface area contributed by atoms with Crippen LogP contribution in [-0.4, -0.2) is 27.2 Å². The van der Waals surface area contributed by atoms with Gasteiger partial charge >= 0.3 is 0 Å². The Hall–Kier alpha value is -3.09. The van der Waals surface area contributed by atoms with Gasteiger partial charge in [0.25, 0.3) is 5.91 Å². The van der Waals surface area contributed by atoms with Crippen molar-refractivity contribution in [3.63, 3.8) is 0 Å². The average Bonchev–Trinajstić information content (AvgIpc) is 2.99. The Morgan fingerprint density at radius 2 is 1.60 bits per heavy atom. The molecule has 0 atom stereocenters. The van der Waals surface area contributed by atoms with Gasteiger partial charge in [0.15, 0.2) is 0 Å². The Morgan fingerprint density at radius 1 is 1.04 bits per heavy atom. The molecule has 0 radical (unpaired) electrons. The third kappa shape index (κ3) is 3.40. The maximum absolute atomic E-state index is 13.1. The molecule has 3 rings (SSSR count). The first-order valence-electron chi connectivity index (χ1n) is 7.76. The lowest BCUT2D eigenvalue weighted by atomic mass is 10.2. The van der Waals surface area contributed by atoms with Gasteiger partial charge in [0.1, 0.15) is 17.5 Å². The van der Waals surface area contributed by atoms with Crippen LogP contribution in [0.4, 0.5) is 14.5 Å². The number of rotatable bonds is 4. The summed E-state index contributed by atoms with van der Waals surface area (Å²) in [6.07, 6.45) is 0. The van der Waals surface area contributed by atoms with Gasteiger partial charge in [-0.1, -0.05) is 0 Å².